The zero-order chi connectivity index (χ0) is 12.1. The first-order chi connectivity index (χ1) is 8.31. The summed E-state index contributed by atoms with van der Waals surface area (Å²) in [6, 6.07) is 0.716. The standard InChI is InChI=1S/C15H29NO/c1-3-16-15(14-5-4-10-17-11-14)13-8-6-12(2)7-9-13/h12-16H,3-11H2,1-2H3. The molecule has 0 amide bonds. The van der Waals surface area contributed by atoms with Crippen LogP contribution in [0.2, 0.25) is 0 Å². The highest BCUT2D eigenvalue weighted by Crippen LogP contribution is 2.34. The molecule has 0 bridgehead atoms. The average molecular weight is 239 g/mol. The maximum Gasteiger partial charge on any atom is 0.0509 e. The smallest absolute Gasteiger partial charge is 0.0509 e. The fourth-order valence-electron chi connectivity index (χ4n) is 3.65. The third kappa shape index (κ3) is 3.69. The average Bonchev–Trinajstić information content (AvgIpc) is 2.38. The van der Waals surface area contributed by atoms with Gasteiger partial charge in [-0.15, -0.1) is 0 Å². The van der Waals surface area contributed by atoms with Gasteiger partial charge in [-0.25, -0.2) is 0 Å². The van der Waals surface area contributed by atoms with Gasteiger partial charge in [0.05, 0.1) is 6.61 Å². The lowest BCUT2D eigenvalue weighted by Gasteiger charge is -2.39. The molecule has 2 atom stereocenters. The van der Waals surface area contributed by atoms with Crippen molar-refractivity contribution in [2.24, 2.45) is 17.8 Å². The number of nitrogens with one attached hydrogen (secondary N) is 1. The van der Waals surface area contributed by atoms with E-state index < -0.39 is 0 Å². The van der Waals surface area contributed by atoms with E-state index in [1.54, 1.807) is 0 Å². The molecule has 0 spiro atoms. The van der Waals surface area contributed by atoms with E-state index in [2.05, 4.69) is 19.2 Å². The molecule has 2 fully saturated rings. The molecule has 0 aromatic rings. The number of rotatable bonds is 4. The summed E-state index contributed by atoms with van der Waals surface area (Å²) in [5, 5.41) is 3.76. The maximum atomic E-state index is 5.68. The molecule has 1 saturated heterocycles. The van der Waals surface area contributed by atoms with Crippen LogP contribution in [0.1, 0.15) is 52.4 Å². The second-order valence-electron chi connectivity index (χ2n) is 6.08. The molecule has 1 heterocycles. The Hall–Kier alpha value is -0.0800. The Morgan fingerprint density at radius 1 is 1.12 bits per heavy atom. The quantitative estimate of drug-likeness (QED) is 0.813. The van der Waals surface area contributed by atoms with E-state index in [4.69, 9.17) is 4.74 Å². The minimum Gasteiger partial charge on any atom is -0.381 e. The van der Waals surface area contributed by atoms with Gasteiger partial charge in [0.1, 0.15) is 0 Å². The van der Waals surface area contributed by atoms with E-state index >= 15 is 0 Å². The van der Waals surface area contributed by atoms with E-state index in [1.807, 2.05) is 0 Å². The molecular weight excluding hydrogens is 210 g/mol. The molecule has 17 heavy (non-hydrogen) atoms. The number of hydrogen-bond donors (Lipinski definition) is 1. The lowest BCUT2D eigenvalue weighted by molar-refractivity contribution is 0.0232. The Morgan fingerprint density at radius 3 is 2.47 bits per heavy atom. The molecule has 0 aromatic heterocycles. The van der Waals surface area contributed by atoms with Gasteiger partial charge in [-0.05, 0) is 50.0 Å². The van der Waals surface area contributed by atoms with Gasteiger partial charge >= 0.3 is 0 Å². The number of ether oxygens (including phenoxy) is 1. The van der Waals surface area contributed by atoms with Crippen molar-refractivity contribution in [1.82, 2.24) is 5.32 Å². The molecule has 1 aliphatic heterocycles. The van der Waals surface area contributed by atoms with Gasteiger partial charge in [0.15, 0.2) is 0 Å². The lowest BCUT2D eigenvalue weighted by Crippen LogP contribution is -2.46. The van der Waals surface area contributed by atoms with Crippen molar-refractivity contribution >= 4 is 0 Å². The molecular formula is C15H29NO. The number of hydrogen-bond acceptors (Lipinski definition) is 2. The van der Waals surface area contributed by atoms with Gasteiger partial charge in [0, 0.05) is 12.6 Å². The first-order valence-electron chi connectivity index (χ1n) is 7.62. The molecule has 2 rings (SSSR count). The molecule has 100 valence electrons. The highest BCUT2D eigenvalue weighted by Gasteiger charge is 2.32. The monoisotopic (exact) mass is 239 g/mol. The predicted octanol–water partition coefficient (Wildman–Crippen LogP) is 3.22. The van der Waals surface area contributed by atoms with Crippen LogP contribution in [0.15, 0.2) is 0 Å². The second-order valence-corrected chi connectivity index (χ2v) is 6.08. The van der Waals surface area contributed by atoms with Crippen molar-refractivity contribution in [2.75, 3.05) is 19.8 Å². The Morgan fingerprint density at radius 2 is 1.88 bits per heavy atom. The van der Waals surface area contributed by atoms with Crippen LogP contribution < -0.4 is 5.32 Å². The minimum absolute atomic E-state index is 0.716. The first kappa shape index (κ1) is 13.4. The predicted molar refractivity (Wildman–Crippen MR) is 72.1 cm³/mol. The first-order valence-corrected chi connectivity index (χ1v) is 7.62. The topological polar surface area (TPSA) is 21.3 Å². The molecule has 0 aromatic carbocycles. The van der Waals surface area contributed by atoms with E-state index in [-0.39, 0.29) is 0 Å². The van der Waals surface area contributed by atoms with E-state index in [1.165, 1.54) is 38.5 Å². The summed E-state index contributed by atoms with van der Waals surface area (Å²) in [7, 11) is 0. The van der Waals surface area contributed by atoms with Crippen LogP contribution in [0.25, 0.3) is 0 Å². The Balaban J connectivity index is 1.90. The van der Waals surface area contributed by atoms with E-state index in [9.17, 15) is 0 Å². The zero-order valence-electron chi connectivity index (χ0n) is 11.6. The minimum atomic E-state index is 0.716. The van der Waals surface area contributed by atoms with Gasteiger partial charge in [-0.1, -0.05) is 26.7 Å². The fourth-order valence-corrected chi connectivity index (χ4v) is 3.65. The summed E-state index contributed by atoms with van der Waals surface area (Å²) in [6.45, 7) is 7.72. The maximum absolute atomic E-state index is 5.68. The lowest BCUT2D eigenvalue weighted by atomic mass is 9.74. The van der Waals surface area contributed by atoms with Crippen LogP contribution in [-0.2, 0) is 4.74 Å². The van der Waals surface area contributed by atoms with Crippen LogP contribution >= 0.6 is 0 Å². The third-order valence-electron chi connectivity index (χ3n) is 4.71. The Labute approximate surface area is 107 Å². The van der Waals surface area contributed by atoms with Gasteiger partial charge in [-0.3, -0.25) is 0 Å². The Kier molecular flexibility index (Phi) is 5.30. The molecule has 2 aliphatic rings. The van der Waals surface area contributed by atoms with Crippen molar-refractivity contribution in [3.05, 3.63) is 0 Å². The van der Waals surface area contributed by atoms with E-state index in [0.29, 0.717) is 6.04 Å². The second kappa shape index (κ2) is 6.75. The largest absolute Gasteiger partial charge is 0.381 e. The van der Waals surface area contributed by atoms with Crippen molar-refractivity contribution in [1.29, 1.82) is 0 Å². The molecule has 2 heteroatoms. The van der Waals surface area contributed by atoms with Gasteiger partial charge in [0.25, 0.3) is 0 Å². The highest BCUT2D eigenvalue weighted by molar-refractivity contribution is 4.86. The molecule has 2 unspecified atom stereocenters. The molecule has 2 nitrogen and oxygen atoms in total. The molecule has 1 aliphatic carbocycles. The van der Waals surface area contributed by atoms with Crippen molar-refractivity contribution in [3.63, 3.8) is 0 Å². The van der Waals surface area contributed by atoms with Crippen molar-refractivity contribution in [2.45, 2.75) is 58.4 Å². The van der Waals surface area contributed by atoms with Crippen LogP contribution in [0, 0.1) is 17.8 Å². The van der Waals surface area contributed by atoms with Crippen LogP contribution in [0.3, 0.4) is 0 Å². The summed E-state index contributed by atoms with van der Waals surface area (Å²) in [5.74, 6) is 2.62. The SMILES string of the molecule is CCNC(C1CCC(C)CC1)C1CCCOC1. The normalized spacial score (nSPS) is 36.7. The van der Waals surface area contributed by atoms with Crippen molar-refractivity contribution < 1.29 is 4.74 Å². The summed E-state index contributed by atoms with van der Waals surface area (Å²) in [4.78, 5) is 0. The molecule has 1 saturated carbocycles. The summed E-state index contributed by atoms with van der Waals surface area (Å²) in [6.07, 6.45) is 8.34. The summed E-state index contributed by atoms with van der Waals surface area (Å²) < 4.78 is 5.68. The van der Waals surface area contributed by atoms with Crippen LogP contribution in [0.5, 0.6) is 0 Å². The third-order valence-corrected chi connectivity index (χ3v) is 4.71. The molecule has 1 N–H and O–H groups in total. The van der Waals surface area contributed by atoms with Crippen molar-refractivity contribution in [3.8, 4) is 0 Å². The zero-order valence-corrected chi connectivity index (χ0v) is 11.6. The van der Waals surface area contributed by atoms with Crippen LogP contribution in [0.4, 0.5) is 0 Å². The van der Waals surface area contributed by atoms with E-state index in [0.717, 1.165) is 37.5 Å². The summed E-state index contributed by atoms with van der Waals surface area (Å²) in [5.41, 5.74) is 0. The summed E-state index contributed by atoms with van der Waals surface area (Å²) >= 11 is 0. The van der Waals surface area contributed by atoms with Gasteiger partial charge in [-0.2, -0.15) is 0 Å². The Bertz CT molecular complexity index is 205. The van der Waals surface area contributed by atoms with Crippen LogP contribution in [-0.4, -0.2) is 25.8 Å². The fraction of sp³-hybridized carbons (Fsp3) is 1.00. The van der Waals surface area contributed by atoms with Gasteiger partial charge < -0.3 is 10.1 Å². The highest BCUT2D eigenvalue weighted by atomic mass is 16.5. The van der Waals surface area contributed by atoms with Gasteiger partial charge in [0.2, 0.25) is 0 Å². The molecule has 0 radical (unpaired) electrons.